The highest BCUT2D eigenvalue weighted by molar-refractivity contribution is 4.93. The van der Waals surface area contributed by atoms with Crippen molar-refractivity contribution in [3.8, 4) is 0 Å². The smallest absolute Gasteiger partial charge is 0.0236 e. The van der Waals surface area contributed by atoms with Crippen LogP contribution in [0.1, 0.15) is 64.7 Å². The lowest BCUT2D eigenvalue weighted by Gasteiger charge is -2.44. The third-order valence-electron chi connectivity index (χ3n) is 5.17. The zero-order valence-corrected chi connectivity index (χ0v) is 10.3. The minimum absolute atomic E-state index is 0.769. The molecule has 86 valence electrons. The van der Waals surface area contributed by atoms with Crippen molar-refractivity contribution in [3.63, 3.8) is 0 Å². The molecule has 0 bridgehead atoms. The van der Waals surface area contributed by atoms with Gasteiger partial charge >= 0.3 is 0 Å². The van der Waals surface area contributed by atoms with Gasteiger partial charge in [0.05, 0.1) is 0 Å². The lowest BCUT2D eigenvalue weighted by Crippen LogP contribution is -2.31. The molecule has 0 N–H and O–H groups in total. The molecule has 15 heavy (non-hydrogen) atoms. The topological polar surface area (TPSA) is 0 Å². The molecule has 2 saturated carbocycles. The molecule has 0 aromatic carbocycles. The van der Waals surface area contributed by atoms with Crippen LogP contribution in [-0.2, 0) is 0 Å². The Morgan fingerprint density at radius 3 is 2.07 bits per heavy atom. The second-order valence-electron chi connectivity index (χ2n) is 5.92. The van der Waals surface area contributed by atoms with Crippen LogP contribution >= 0.6 is 0 Å². The predicted octanol–water partition coefficient (Wildman–Crippen LogP) is 4.95. The van der Waals surface area contributed by atoms with Crippen molar-refractivity contribution in [1.29, 1.82) is 0 Å². The maximum atomic E-state index is 3.94. The highest BCUT2D eigenvalue weighted by Crippen LogP contribution is 2.50. The molecule has 0 radical (unpaired) electrons. The second kappa shape index (κ2) is 4.72. The molecule has 0 nitrogen and oxygen atoms in total. The van der Waals surface area contributed by atoms with Crippen LogP contribution in [0.25, 0.3) is 0 Å². The summed E-state index contributed by atoms with van der Waals surface area (Å²) >= 11 is 0. The third-order valence-corrected chi connectivity index (χ3v) is 5.17. The Hall–Kier alpha value is -0.260. The minimum atomic E-state index is 0.769. The van der Waals surface area contributed by atoms with Gasteiger partial charge in [-0.15, -0.1) is 6.58 Å². The summed E-state index contributed by atoms with van der Waals surface area (Å²) in [6.07, 6.45) is 15.5. The predicted molar refractivity (Wildman–Crippen MR) is 66.8 cm³/mol. The molecule has 0 amide bonds. The Labute approximate surface area is 95.1 Å². The molecule has 2 rings (SSSR count). The number of rotatable bonds is 2. The van der Waals surface area contributed by atoms with Crippen LogP contribution in [-0.4, -0.2) is 0 Å². The summed E-state index contributed by atoms with van der Waals surface area (Å²) in [5.74, 6) is 1.88. The molecule has 0 aromatic heterocycles. The van der Waals surface area contributed by atoms with E-state index in [2.05, 4.69) is 19.6 Å². The Morgan fingerprint density at radius 2 is 1.60 bits per heavy atom. The largest absolute Gasteiger partial charge is 0.103 e. The standard InChI is InChI=1S/C15H26/c1-3-13-5-9-15(10-6-13)11-7-14(4-2)8-12-15/h3,13-14H,1,4-12H2,2H3. The van der Waals surface area contributed by atoms with E-state index in [1.165, 1.54) is 57.8 Å². The van der Waals surface area contributed by atoms with E-state index >= 15 is 0 Å². The van der Waals surface area contributed by atoms with Gasteiger partial charge in [-0.25, -0.2) is 0 Å². The SMILES string of the molecule is C=CC1CCC2(CC1)CCC(CC)CC2. The van der Waals surface area contributed by atoms with Crippen LogP contribution in [0.15, 0.2) is 12.7 Å². The van der Waals surface area contributed by atoms with Gasteiger partial charge in [-0.2, -0.15) is 0 Å². The van der Waals surface area contributed by atoms with Gasteiger partial charge in [0.1, 0.15) is 0 Å². The molecule has 0 saturated heterocycles. The normalized spacial score (nSPS) is 41.7. The van der Waals surface area contributed by atoms with E-state index in [0.717, 1.165) is 17.3 Å². The van der Waals surface area contributed by atoms with Crippen LogP contribution in [0.5, 0.6) is 0 Å². The lowest BCUT2D eigenvalue weighted by molar-refractivity contribution is 0.0835. The fraction of sp³-hybridized carbons (Fsp3) is 0.867. The lowest BCUT2D eigenvalue weighted by atomic mass is 9.61. The van der Waals surface area contributed by atoms with Crippen molar-refractivity contribution in [2.24, 2.45) is 17.3 Å². The summed E-state index contributed by atoms with van der Waals surface area (Å²) in [6.45, 7) is 6.30. The first-order chi connectivity index (χ1) is 7.28. The molecule has 0 heteroatoms. The molecule has 2 aliphatic carbocycles. The average Bonchev–Trinajstić information content (AvgIpc) is 2.31. The molecule has 0 heterocycles. The van der Waals surface area contributed by atoms with Gasteiger partial charge in [-0.1, -0.05) is 19.4 Å². The molecule has 0 aromatic rings. The van der Waals surface area contributed by atoms with Crippen LogP contribution in [0.4, 0.5) is 0 Å². The maximum Gasteiger partial charge on any atom is -0.0236 e. The third kappa shape index (κ3) is 2.46. The molecule has 2 aliphatic rings. The van der Waals surface area contributed by atoms with Crippen LogP contribution in [0.2, 0.25) is 0 Å². The van der Waals surface area contributed by atoms with Gasteiger partial charge in [0, 0.05) is 0 Å². The molecule has 0 aliphatic heterocycles. The van der Waals surface area contributed by atoms with Crippen molar-refractivity contribution in [2.45, 2.75) is 64.7 Å². The van der Waals surface area contributed by atoms with Crippen LogP contribution < -0.4 is 0 Å². The van der Waals surface area contributed by atoms with E-state index in [4.69, 9.17) is 0 Å². The van der Waals surface area contributed by atoms with Crippen LogP contribution in [0, 0.1) is 17.3 Å². The van der Waals surface area contributed by atoms with E-state index in [-0.39, 0.29) is 0 Å². The number of hydrogen-bond donors (Lipinski definition) is 0. The zero-order valence-electron chi connectivity index (χ0n) is 10.3. The van der Waals surface area contributed by atoms with Gasteiger partial charge < -0.3 is 0 Å². The molecule has 1 spiro atoms. The highest BCUT2D eigenvalue weighted by atomic mass is 14.4. The van der Waals surface area contributed by atoms with Crippen molar-refractivity contribution < 1.29 is 0 Å². The summed E-state index contributed by atoms with van der Waals surface area (Å²) < 4.78 is 0. The average molecular weight is 206 g/mol. The van der Waals surface area contributed by atoms with E-state index in [1.54, 1.807) is 0 Å². The van der Waals surface area contributed by atoms with E-state index in [9.17, 15) is 0 Å². The van der Waals surface area contributed by atoms with Crippen molar-refractivity contribution >= 4 is 0 Å². The van der Waals surface area contributed by atoms with Gasteiger partial charge in [0.25, 0.3) is 0 Å². The van der Waals surface area contributed by atoms with Crippen LogP contribution in [0.3, 0.4) is 0 Å². The van der Waals surface area contributed by atoms with Crippen molar-refractivity contribution in [1.82, 2.24) is 0 Å². The fourth-order valence-corrected chi connectivity index (χ4v) is 3.69. The maximum absolute atomic E-state index is 3.94. The summed E-state index contributed by atoms with van der Waals surface area (Å²) in [6, 6.07) is 0. The highest BCUT2D eigenvalue weighted by Gasteiger charge is 2.37. The number of hydrogen-bond acceptors (Lipinski definition) is 0. The minimum Gasteiger partial charge on any atom is -0.103 e. The summed E-state index contributed by atoms with van der Waals surface area (Å²) in [5.41, 5.74) is 0.769. The quantitative estimate of drug-likeness (QED) is 0.561. The number of allylic oxidation sites excluding steroid dienone is 1. The molecular weight excluding hydrogens is 180 g/mol. The Morgan fingerprint density at radius 1 is 1.07 bits per heavy atom. The van der Waals surface area contributed by atoms with E-state index < -0.39 is 0 Å². The molecule has 2 fully saturated rings. The van der Waals surface area contributed by atoms with Gasteiger partial charge in [0.2, 0.25) is 0 Å². The Kier molecular flexibility index (Phi) is 3.53. The van der Waals surface area contributed by atoms with Crippen molar-refractivity contribution in [3.05, 3.63) is 12.7 Å². The van der Waals surface area contributed by atoms with Gasteiger partial charge in [0.15, 0.2) is 0 Å². The fourth-order valence-electron chi connectivity index (χ4n) is 3.69. The first kappa shape index (κ1) is 11.2. The zero-order chi connectivity index (χ0) is 10.7. The Balaban J connectivity index is 1.86. The van der Waals surface area contributed by atoms with Gasteiger partial charge in [-0.05, 0) is 68.6 Å². The molecule has 0 unspecified atom stereocenters. The van der Waals surface area contributed by atoms with Crippen molar-refractivity contribution in [2.75, 3.05) is 0 Å². The summed E-state index contributed by atoms with van der Waals surface area (Å²) in [5, 5.41) is 0. The summed E-state index contributed by atoms with van der Waals surface area (Å²) in [4.78, 5) is 0. The summed E-state index contributed by atoms with van der Waals surface area (Å²) in [7, 11) is 0. The first-order valence-corrected chi connectivity index (χ1v) is 6.90. The Bertz CT molecular complexity index is 198. The van der Waals surface area contributed by atoms with E-state index in [0.29, 0.717) is 0 Å². The molecular formula is C15H26. The van der Waals surface area contributed by atoms with Gasteiger partial charge in [-0.3, -0.25) is 0 Å². The second-order valence-corrected chi connectivity index (χ2v) is 5.92. The monoisotopic (exact) mass is 206 g/mol. The van der Waals surface area contributed by atoms with E-state index in [1.807, 2.05) is 0 Å². The molecule has 0 atom stereocenters. The first-order valence-electron chi connectivity index (χ1n) is 6.90.